The number of hydrogen-bond acceptors (Lipinski definition) is 6. The van der Waals surface area contributed by atoms with Crippen molar-refractivity contribution in [1.82, 2.24) is 4.57 Å². The van der Waals surface area contributed by atoms with Crippen LogP contribution >= 0.6 is 79.7 Å². The molecule has 0 bridgehead atoms. The third-order valence-electron chi connectivity index (χ3n) is 7.44. The van der Waals surface area contributed by atoms with E-state index in [2.05, 4.69) is 50.5 Å². The van der Waals surface area contributed by atoms with Crippen molar-refractivity contribution < 1.29 is 14.3 Å². The van der Waals surface area contributed by atoms with Crippen LogP contribution in [0.5, 0.6) is 11.5 Å². The van der Waals surface area contributed by atoms with Crippen LogP contribution in [-0.4, -0.2) is 17.6 Å². The molecule has 1 atom stereocenters. The summed E-state index contributed by atoms with van der Waals surface area (Å²) in [5.74, 6) is 1.07. The van der Waals surface area contributed by atoms with Gasteiger partial charge in [-0.25, -0.2) is 4.99 Å². The monoisotopic (exact) mass is 907 g/mol. The van der Waals surface area contributed by atoms with Crippen LogP contribution in [0.3, 0.4) is 0 Å². The van der Waals surface area contributed by atoms with Gasteiger partial charge in [-0.05, 0) is 118 Å². The Hall–Kier alpha value is -3.17. The van der Waals surface area contributed by atoms with Crippen molar-refractivity contribution in [2.75, 3.05) is 12.4 Å². The van der Waals surface area contributed by atoms with Gasteiger partial charge in [0, 0.05) is 21.3 Å². The number of nitrogens with one attached hydrogen (secondary N) is 1. The quantitative estimate of drug-likeness (QED) is 0.160. The maximum atomic E-state index is 14.2. The van der Waals surface area contributed by atoms with Crippen LogP contribution in [0.15, 0.2) is 106 Å². The fourth-order valence-corrected chi connectivity index (χ4v) is 8.81. The number of hydrogen-bond donors (Lipinski definition) is 1. The first-order chi connectivity index (χ1) is 22.6. The second kappa shape index (κ2) is 14.5. The number of fused-ring (bicyclic) bond motifs is 1. The molecular formula is C35H25Cl2I2N3O4S. The van der Waals surface area contributed by atoms with Gasteiger partial charge in [-0.15, -0.1) is 0 Å². The molecule has 0 saturated heterocycles. The molecule has 0 spiro atoms. The zero-order valence-electron chi connectivity index (χ0n) is 24.9. The number of carbonyl (C=O) groups excluding carboxylic acids is 1. The first kappa shape index (κ1) is 33.7. The number of aromatic nitrogens is 1. The zero-order chi connectivity index (χ0) is 33.2. The fraction of sp³-hybridized carbons (Fsp3) is 0.114. The van der Waals surface area contributed by atoms with E-state index in [-0.39, 0.29) is 18.1 Å². The Morgan fingerprint density at radius 3 is 2.38 bits per heavy atom. The van der Waals surface area contributed by atoms with E-state index in [1.54, 1.807) is 30.7 Å². The highest BCUT2D eigenvalue weighted by Gasteiger charge is 2.32. The predicted octanol–water partition coefficient (Wildman–Crippen LogP) is 7.98. The lowest BCUT2D eigenvalue weighted by Gasteiger charge is -2.25. The fourth-order valence-electron chi connectivity index (χ4n) is 5.17. The van der Waals surface area contributed by atoms with E-state index in [1.165, 1.54) is 11.3 Å². The molecule has 1 aliphatic rings. The Balaban J connectivity index is 1.38. The van der Waals surface area contributed by atoms with Gasteiger partial charge in [0.2, 0.25) is 0 Å². The van der Waals surface area contributed by atoms with Crippen LogP contribution in [0.25, 0.3) is 6.08 Å². The van der Waals surface area contributed by atoms with Crippen LogP contribution in [-0.2, 0) is 11.4 Å². The number of ether oxygens (including phenoxy) is 2. The molecule has 12 heteroatoms. The zero-order valence-corrected chi connectivity index (χ0v) is 31.5. The van der Waals surface area contributed by atoms with E-state index < -0.39 is 6.04 Å². The Morgan fingerprint density at radius 2 is 1.72 bits per heavy atom. The van der Waals surface area contributed by atoms with Crippen LogP contribution in [0.4, 0.5) is 5.69 Å². The number of carbonyl (C=O) groups is 1. The van der Waals surface area contributed by atoms with Crippen molar-refractivity contribution in [2.45, 2.75) is 19.6 Å². The maximum absolute atomic E-state index is 14.2. The number of methoxy groups -OCH3 is 1. The van der Waals surface area contributed by atoms with Crippen LogP contribution in [0, 0.1) is 7.14 Å². The van der Waals surface area contributed by atoms with Crippen molar-refractivity contribution in [2.24, 2.45) is 4.99 Å². The topological polar surface area (TPSA) is 81.9 Å². The smallest absolute Gasteiger partial charge is 0.271 e. The third-order valence-corrected chi connectivity index (χ3v) is 10.6. The number of amides is 1. The van der Waals surface area contributed by atoms with Crippen molar-refractivity contribution in [3.63, 3.8) is 0 Å². The molecule has 238 valence electrons. The second-order valence-corrected chi connectivity index (χ2v) is 14.7. The highest BCUT2D eigenvalue weighted by Crippen LogP contribution is 2.33. The first-order valence-corrected chi connectivity index (χ1v) is 17.9. The highest BCUT2D eigenvalue weighted by molar-refractivity contribution is 14.1. The van der Waals surface area contributed by atoms with Gasteiger partial charge >= 0.3 is 0 Å². The number of thiazole rings is 1. The Labute approximate surface area is 311 Å². The summed E-state index contributed by atoms with van der Waals surface area (Å²) < 4.78 is 15.4. The average Bonchev–Trinajstić information content (AvgIpc) is 3.34. The summed E-state index contributed by atoms with van der Waals surface area (Å²) in [6.07, 6.45) is 1.85. The molecule has 6 rings (SSSR count). The van der Waals surface area contributed by atoms with E-state index in [0.717, 1.165) is 29.6 Å². The van der Waals surface area contributed by atoms with Gasteiger partial charge in [0.05, 0.1) is 36.1 Å². The number of halogens is 4. The molecule has 1 aliphatic heterocycles. The van der Waals surface area contributed by atoms with E-state index in [4.69, 9.17) is 37.7 Å². The number of nitrogens with zero attached hydrogens (tertiary/aromatic N) is 2. The van der Waals surface area contributed by atoms with Crippen molar-refractivity contribution >= 4 is 97.4 Å². The molecule has 1 aromatic heterocycles. The third kappa shape index (κ3) is 7.31. The standard InChI is InChI=1S/C35H25Cl2I2N3O4S/c1-19-30(33(43)41-24-6-4-3-5-7-24)31(21-9-12-25(45-2)13-10-21)42-34(44)29(47-35(42)40-19)16-20-14-27(38)32(28(39)15-20)46-18-22-8-11-23(36)17-26(22)37/h3-17,31H,18H2,1-2H3,(H,41,43)/b29-16+/t31-/m0/s1. The minimum absolute atomic E-state index is 0.241. The molecule has 0 saturated carbocycles. The minimum atomic E-state index is -0.696. The molecule has 5 aromatic rings. The van der Waals surface area contributed by atoms with E-state index >= 15 is 0 Å². The number of allylic oxidation sites excluding steroid dienone is 1. The van der Waals surface area contributed by atoms with Crippen molar-refractivity contribution in [1.29, 1.82) is 0 Å². The SMILES string of the molecule is COc1ccc([C@H]2C(C(=O)Nc3ccccc3)=C(C)N=c3s/c(=C/c4cc(I)c(OCc5ccc(Cl)cc5Cl)c(I)c4)c(=O)n32)cc1. The van der Waals surface area contributed by atoms with Gasteiger partial charge in [0.25, 0.3) is 11.5 Å². The largest absolute Gasteiger partial charge is 0.497 e. The molecule has 1 N–H and O–H groups in total. The van der Waals surface area contributed by atoms with Gasteiger partial charge in [0.15, 0.2) is 4.80 Å². The lowest BCUT2D eigenvalue weighted by atomic mass is 9.95. The van der Waals surface area contributed by atoms with Gasteiger partial charge < -0.3 is 14.8 Å². The first-order valence-electron chi connectivity index (χ1n) is 14.2. The predicted molar refractivity (Wildman–Crippen MR) is 205 cm³/mol. The van der Waals surface area contributed by atoms with Gasteiger partial charge in [-0.1, -0.05) is 70.9 Å². The van der Waals surface area contributed by atoms with Gasteiger partial charge in [-0.3, -0.25) is 14.2 Å². The summed E-state index contributed by atoms with van der Waals surface area (Å²) in [5.41, 5.74) is 3.76. The van der Waals surface area contributed by atoms with Crippen LogP contribution in [0.2, 0.25) is 10.0 Å². The number of para-hydroxylation sites is 1. The molecule has 47 heavy (non-hydrogen) atoms. The van der Waals surface area contributed by atoms with E-state index in [1.807, 2.05) is 78.9 Å². The molecular weight excluding hydrogens is 883 g/mol. The highest BCUT2D eigenvalue weighted by atomic mass is 127. The molecule has 2 heterocycles. The van der Waals surface area contributed by atoms with Crippen molar-refractivity contribution in [3.05, 3.63) is 150 Å². The molecule has 4 aromatic carbocycles. The van der Waals surface area contributed by atoms with Crippen molar-refractivity contribution in [3.8, 4) is 11.5 Å². The lowest BCUT2D eigenvalue weighted by molar-refractivity contribution is -0.113. The summed E-state index contributed by atoms with van der Waals surface area (Å²) >= 11 is 18.1. The number of anilines is 1. The summed E-state index contributed by atoms with van der Waals surface area (Å²) in [6, 6.07) is 25.1. The summed E-state index contributed by atoms with van der Waals surface area (Å²) in [6.45, 7) is 2.08. The average molecular weight is 908 g/mol. The molecule has 0 fully saturated rings. The molecule has 7 nitrogen and oxygen atoms in total. The number of benzene rings is 4. The summed E-state index contributed by atoms with van der Waals surface area (Å²) in [7, 11) is 1.59. The van der Waals surface area contributed by atoms with Crippen LogP contribution < -0.4 is 29.7 Å². The summed E-state index contributed by atoms with van der Waals surface area (Å²) in [5, 5.41) is 4.08. The van der Waals surface area contributed by atoms with E-state index in [0.29, 0.717) is 42.1 Å². The minimum Gasteiger partial charge on any atom is -0.497 e. The lowest BCUT2D eigenvalue weighted by Crippen LogP contribution is -2.40. The summed E-state index contributed by atoms with van der Waals surface area (Å²) in [4.78, 5) is 33.2. The van der Waals surface area contributed by atoms with Crippen LogP contribution in [0.1, 0.15) is 29.7 Å². The molecule has 0 unspecified atom stereocenters. The number of rotatable bonds is 8. The van der Waals surface area contributed by atoms with E-state index in [9.17, 15) is 9.59 Å². The normalized spacial score (nSPS) is 14.4. The van der Waals surface area contributed by atoms with Gasteiger partial charge in [0.1, 0.15) is 18.1 Å². The Morgan fingerprint density at radius 1 is 1.02 bits per heavy atom. The Bertz CT molecular complexity index is 2200. The van der Waals surface area contributed by atoms with Gasteiger partial charge in [-0.2, -0.15) is 0 Å². The second-order valence-electron chi connectivity index (χ2n) is 10.5. The molecule has 1 amide bonds. The molecule has 0 aliphatic carbocycles. The Kier molecular flexibility index (Phi) is 10.4. The maximum Gasteiger partial charge on any atom is 0.271 e. The molecule has 0 radical (unpaired) electrons.